The SMILES string of the molecule is CC(O)(CCCCCC(F)(F)F)CSC1CCC(=O)C1CCCCCCC(=O)O. The van der Waals surface area contributed by atoms with E-state index in [9.17, 15) is 27.9 Å². The van der Waals surface area contributed by atoms with Crippen molar-refractivity contribution in [3.63, 3.8) is 0 Å². The minimum Gasteiger partial charge on any atom is -0.481 e. The third-order valence-corrected chi connectivity index (χ3v) is 7.26. The van der Waals surface area contributed by atoms with Gasteiger partial charge in [0.15, 0.2) is 0 Å². The van der Waals surface area contributed by atoms with Crippen molar-refractivity contribution < 1.29 is 33.0 Å². The van der Waals surface area contributed by atoms with E-state index in [4.69, 9.17) is 5.11 Å². The van der Waals surface area contributed by atoms with E-state index in [0.717, 1.165) is 32.1 Å². The summed E-state index contributed by atoms with van der Waals surface area (Å²) in [5, 5.41) is 19.4. The fraction of sp³-hybridized carbons (Fsp3) is 0.905. The second kappa shape index (κ2) is 12.8. The molecular formula is C21H35F3O4S. The molecule has 170 valence electrons. The summed E-state index contributed by atoms with van der Waals surface area (Å²) >= 11 is 1.61. The molecule has 0 aliphatic heterocycles. The molecule has 3 atom stereocenters. The Morgan fingerprint density at radius 3 is 2.34 bits per heavy atom. The molecule has 1 rings (SSSR count). The molecule has 1 aliphatic carbocycles. The largest absolute Gasteiger partial charge is 0.481 e. The van der Waals surface area contributed by atoms with Gasteiger partial charge in [0, 0.05) is 36.2 Å². The number of halogens is 3. The number of rotatable bonds is 15. The van der Waals surface area contributed by atoms with Gasteiger partial charge in [0.05, 0.1) is 5.60 Å². The predicted octanol–water partition coefficient (Wildman–Crippen LogP) is 5.76. The second-order valence-electron chi connectivity index (χ2n) is 8.48. The lowest BCUT2D eigenvalue weighted by Gasteiger charge is -2.26. The number of carboxylic acid groups (broad SMARTS) is 1. The Kier molecular flexibility index (Phi) is 11.6. The summed E-state index contributed by atoms with van der Waals surface area (Å²) in [6.45, 7) is 1.72. The lowest BCUT2D eigenvalue weighted by atomic mass is 9.98. The molecule has 0 heterocycles. The molecule has 0 saturated heterocycles. The van der Waals surface area contributed by atoms with Crippen molar-refractivity contribution in [1.82, 2.24) is 0 Å². The van der Waals surface area contributed by atoms with Crippen molar-refractivity contribution >= 4 is 23.5 Å². The first-order valence-corrected chi connectivity index (χ1v) is 11.7. The molecule has 8 heteroatoms. The summed E-state index contributed by atoms with van der Waals surface area (Å²) in [5.74, 6) is -0.0130. The van der Waals surface area contributed by atoms with Crippen LogP contribution in [0.15, 0.2) is 0 Å². The van der Waals surface area contributed by atoms with Gasteiger partial charge in [0.1, 0.15) is 5.78 Å². The summed E-state index contributed by atoms with van der Waals surface area (Å²) in [4.78, 5) is 22.7. The van der Waals surface area contributed by atoms with Crippen LogP contribution in [0.4, 0.5) is 13.2 Å². The molecule has 0 radical (unpaired) electrons. The van der Waals surface area contributed by atoms with Crippen molar-refractivity contribution in [1.29, 1.82) is 0 Å². The number of aliphatic carboxylic acids is 1. The first-order chi connectivity index (χ1) is 13.5. The number of hydrogen-bond acceptors (Lipinski definition) is 4. The number of alkyl halides is 3. The molecule has 0 aromatic heterocycles. The van der Waals surface area contributed by atoms with Gasteiger partial charge in [-0.05, 0) is 39.0 Å². The highest BCUT2D eigenvalue weighted by Crippen LogP contribution is 2.38. The minimum atomic E-state index is -4.11. The molecule has 4 nitrogen and oxygen atoms in total. The van der Waals surface area contributed by atoms with Crippen LogP contribution in [-0.2, 0) is 9.59 Å². The van der Waals surface area contributed by atoms with Crippen LogP contribution in [0.5, 0.6) is 0 Å². The number of carbonyl (C=O) groups excluding carboxylic acids is 1. The Labute approximate surface area is 176 Å². The van der Waals surface area contributed by atoms with Crippen LogP contribution in [0.1, 0.15) is 90.4 Å². The summed E-state index contributed by atoms with van der Waals surface area (Å²) in [6.07, 6.45) is 2.42. The van der Waals surface area contributed by atoms with Crippen molar-refractivity contribution in [2.75, 3.05) is 5.75 Å². The molecule has 0 amide bonds. The Balaban J connectivity index is 2.25. The van der Waals surface area contributed by atoms with E-state index in [0.29, 0.717) is 37.9 Å². The number of aliphatic hydroxyl groups is 1. The topological polar surface area (TPSA) is 74.6 Å². The molecule has 2 N–H and O–H groups in total. The first kappa shape index (κ1) is 26.3. The Bertz CT molecular complexity index is 509. The van der Waals surface area contributed by atoms with Gasteiger partial charge in [-0.25, -0.2) is 0 Å². The average molecular weight is 441 g/mol. The van der Waals surface area contributed by atoms with Crippen molar-refractivity contribution in [2.24, 2.45) is 5.92 Å². The number of unbranched alkanes of at least 4 members (excludes halogenated alkanes) is 5. The molecule has 1 aliphatic rings. The van der Waals surface area contributed by atoms with E-state index in [2.05, 4.69) is 0 Å². The van der Waals surface area contributed by atoms with Crippen LogP contribution < -0.4 is 0 Å². The second-order valence-corrected chi connectivity index (χ2v) is 9.71. The molecule has 0 spiro atoms. The summed E-state index contributed by atoms with van der Waals surface area (Å²) in [6, 6.07) is 0. The van der Waals surface area contributed by atoms with Crippen LogP contribution >= 0.6 is 11.8 Å². The fourth-order valence-corrected chi connectivity index (χ4v) is 5.31. The molecule has 0 aromatic carbocycles. The zero-order valence-electron chi connectivity index (χ0n) is 17.3. The van der Waals surface area contributed by atoms with Gasteiger partial charge in [-0.1, -0.05) is 32.1 Å². The van der Waals surface area contributed by atoms with Gasteiger partial charge >= 0.3 is 12.1 Å². The number of carboxylic acids is 1. The third-order valence-electron chi connectivity index (χ3n) is 5.48. The molecular weight excluding hydrogens is 405 g/mol. The van der Waals surface area contributed by atoms with Crippen LogP contribution in [0, 0.1) is 5.92 Å². The Morgan fingerprint density at radius 2 is 1.69 bits per heavy atom. The maximum Gasteiger partial charge on any atom is 0.389 e. The zero-order valence-corrected chi connectivity index (χ0v) is 18.1. The maximum absolute atomic E-state index is 12.2. The van der Waals surface area contributed by atoms with Crippen LogP contribution in [0.25, 0.3) is 0 Å². The van der Waals surface area contributed by atoms with Crippen molar-refractivity contribution in [3.05, 3.63) is 0 Å². The highest BCUT2D eigenvalue weighted by Gasteiger charge is 2.35. The predicted molar refractivity (Wildman–Crippen MR) is 109 cm³/mol. The van der Waals surface area contributed by atoms with Gasteiger partial charge in [0.25, 0.3) is 0 Å². The molecule has 1 fully saturated rings. The third kappa shape index (κ3) is 12.5. The summed E-state index contributed by atoms with van der Waals surface area (Å²) in [5.41, 5.74) is -0.935. The highest BCUT2D eigenvalue weighted by atomic mass is 32.2. The normalized spacial score (nSPS) is 22.0. The quantitative estimate of drug-likeness (QED) is 0.317. The maximum atomic E-state index is 12.2. The van der Waals surface area contributed by atoms with Crippen LogP contribution in [-0.4, -0.2) is 44.7 Å². The molecule has 0 aromatic rings. The van der Waals surface area contributed by atoms with E-state index >= 15 is 0 Å². The Hall–Kier alpha value is -0.760. The molecule has 1 saturated carbocycles. The zero-order chi connectivity index (χ0) is 21.9. The summed E-state index contributed by atoms with van der Waals surface area (Å²) < 4.78 is 36.5. The number of thioether (sulfide) groups is 1. The standard InChI is InChI=1S/C21H35F3O4S/c1-20(28,13-7-4-8-14-21(22,23)24)15-29-18-12-11-17(25)16(18)9-5-2-3-6-10-19(26)27/h16,18,28H,2-15H2,1H3,(H,26,27). The van der Waals surface area contributed by atoms with E-state index in [1.54, 1.807) is 18.7 Å². The van der Waals surface area contributed by atoms with Gasteiger partial charge < -0.3 is 10.2 Å². The van der Waals surface area contributed by atoms with Gasteiger partial charge in [-0.3, -0.25) is 9.59 Å². The van der Waals surface area contributed by atoms with E-state index in [1.807, 2.05) is 0 Å². The van der Waals surface area contributed by atoms with Crippen LogP contribution in [0.2, 0.25) is 0 Å². The molecule has 0 bridgehead atoms. The minimum absolute atomic E-state index is 0.00191. The van der Waals surface area contributed by atoms with Crippen molar-refractivity contribution in [2.45, 2.75) is 107 Å². The first-order valence-electron chi connectivity index (χ1n) is 10.7. The van der Waals surface area contributed by atoms with Gasteiger partial charge in [0.2, 0.25) is 0 Å². The van der Waals surface area contributed by atoms with E-state index in [1.165, 1.54) is 0 Å². The monoisotopic (exact) mass is 440 g/mol. The molecule has 29 heavy (non-hydrogen) atoms. The number of Topliss-reactive ketones (excluding diaryl/α,β-unsaturated/α-hetero) is 1. The van der Waals surface area contributed by atoms with Crippen LogP contribution in [0.3, 0.4) is 0 Å². The Morgan fingerprint density at radius 1 is 1.07 bits per heavy atom. The lowest BCUT2D eigenvalue weighted by Crippen LogP contribution is -2.29. The fourth-order valence-electron chi connectivity index (χ4n) is 3.79. The van der Waals surface area contributed by atoms with E-state index in [-0.39, 0.29) is 29.8 Å². The van der Waals surface area contributed by atoms with E-state index < -0.39 is 24.2 Å². The highest BCUT2D eigenvalue weighted by molar-refractivity contribution is 8.00. The average Bonchev–Trinajstić information content (AvgIpc) is 2.94. The van der Waals surface area contributed by atoms with Gasteiger partial charge in [-0.15, -0.1) is 0 Å². The lowest BCUT2D eigenvalue weighted by molar-refractivity contribution is -0.137. The number of ketones is 1. The number of carbonyl (C=O) groups is 2. The smallest absolute Gasteiger partial charge is 0.389 e. The number of hydrogen-bond donors (Lipinski definition) is 2. The summed E-state index contributed by atoms with van der Waals surface area (Å²) in [7, 11) is 0. The van der Waals surface area contributed by atoms with Crippen molar-refractivity contribution in [3.8, 4) is 0 Å². The molecule has 3 unspecified atom stereocenters. The van der Waals surface area contributed by atoms with Gasteiger partial charge in [-0.2, -0.15) is 24.9 Å².